The van der Waals surface area contributed by atoms with E-state index in [1.807, 2.05) is 35.2 Å². The SMILES string of the molecule is CCCCCCCN1C(=O)C(=C2Sc3ccc4ccccc4c3N2C)N(c2ccccc2)C1=S. The van der Waals surface area contributed by atoms with Gasteiger partial charge in [0.05, 0.1) is 5.69 Å². The Morgan fingerprint density at radius 2 is 1.62 bits per heavy atom. The Bertz CT molecular complexity index is 1270. The van der Waals surface area contributed by atoms with Crippen molar-refractivity contribution in [1.29, 1.82) is 0 Å². The molecule has 2 heterocycles. The Morgan fingerprint density at radius 1 is 0.882 bits per heavy atom. The van der Waals surface area contributed by atoms with E-state index in [1.54, 1.807) is 16.7 Å². The minimum Gasteiger partial charge on any atom is -0.336 e. The minimum absolute atomic E-state index is 0.00388. The largest absolute Gasteiger partial charge is 0.336 e. The second-order valence-electron chi connectivity index (χ2n) is 8.77. The summed E-state index contributed by atoms with van der Waals surface area (Å²) in [6, 6.07) is 22.7. The molecule has 2 aliphatic heterocycles. The Hall–Kier alpha value is -2.83. The summed E-state index contributed by atoms with van der Waals surface area (Å²) < 4.78 is 0. The van der Waals surface area contributed by atoms with Crippen LogP contribution < -0.4 is 9.80 Å². The first-order valence-electron chi connectivity index (χ1n) is 12.0. The lowest BCUT2D eigenvalue weighted by Crippen LogP contribution is -2.33. The molecule has 3 aromatic rings. The molecule has 5 rings (SSSR count). The van der Waals surface area contributed by atoms with E-state index in [1.165, 1.54) is 30.0 Å². The highest BCUT2D eigenvalue weighted by Gasteiger charge is 2.43. The van der Waals surface area contributed by atoms with Crippen molar-refractivity contribution >= 4 is 57.1 Å². The molecule has 0 aliphatic carbocycles. The number of benzene rings is 3. The molecule has 0 aromatic heterocycles. The highest BCUT2D eigenvalue weighted by molar-refractivity contribution is 8.03. The van der Waals surface area contributed by atoms with E-state index in [0.717, 1.165) is 34.1 Å². The summed E-state index contributed by atoms with van der Waals surface area (Å²) in [5.74, 6) is -0.00388. The molecule has 0 saturated carbocycles. The number of rotatable bonds is 7. The zero-order valence-electron chi connectivity index (χ0n) is 19.7. The summed E-state index contributed by atoms with van der Waals surface area (Å²) in [7, 11) is 2.06. The van der Waals surface area contributed by atoms with Gasteiger partial charge >= 0.3 is 0 Å². The molecule has 6 heteroatoms. The fourth-order valence-corrected chi connectivity index (χ4v) is 6.31. The fourth-order valence-electron chi connectivity index (χ4n) is 4.75. The van der Waals surface area contributed by atoms with Gasteiger partial charge < -0.3 is 4.90 Å². The molecule has 0 spiro atoms. The van der Waals surface area contributed by atoms with Crippen LogP contribution in [0.1, 0.15) is 39.0 Å². The van der Waals surface area contributed by atoms with E-state index in [0.29, 0.717) is 17.4 Å². The average molecular weight is 488 g/mol. The van der Waals surface area contributed by atoms with Crippen molar-refractivity contribution in [3.05, 3.63) is 77.5 Å². The molecule has 0 N–H and O–H groups in total. The van der Waals surface area contributed by atoms with Crippen LogP contribution in [0.2, 0.25) is 0 Å². The topological polar surface area (TPSA) is 26.8 Å². The summed E-state index contributed by atoms with van der Waals surface area (Å²) in [5.41, 5.74) is 2.72. The number of nitrogens with zero attached hydrogens (tertiary/aromatic N) is 3. The molecule has 1 fully saturated rings. The van der Waals surface area contributed by atoms with Crippen LogP contribution in [-0.4, -0.2) is 29.5 Å². The molecule has 34 heavy (non-hydrogen) atoms. The maximum Gasteiger partial charge on any atom is 0.279 e. The summed E-state index contributed by atoms with van der Waals surface area (Å²) in [6.45, 7) is 2.87. The van der Waals surface area contributed by atoms with Crippen LogP contribution >= 0.6 is 24.0 Å². The lowest BCUT2D eigenvalue weighted by atomic mass is 10.1. The molecule has 4 nitrogen and oxygen atoms in total. The van der Waals surface area contributed by atoms with Gasteiger partial charge in [0.1, 0.15) is 10.7 Å². The number of para-hydroxylation sites is 1. The molecule has 3 aromatic carbocycles. The van der Waals surface area contributed by atoms with Crippen LogP contribution in [0.5, 0.6) is 0 Å². The van der Waals surface area contributed by atoms with E-state index < -0.39 is 0 Å². The molecule has 0 unspecified atom stereocenters. The van der Waals surface area contributed by atoms with Crippen molar-refractivity contribution in [2.75, 3.05) is 23.4 Å². The number of unbranched alkanes of at least 4 members (excludes halogenated alkanes) is 4. The molecule has 1 saturated heterocycles. The van der Waals surface area contributed by atoms with E-state index in [9.17, 15) is 4.79 Å². The Morgan fingerprint density at radius 3 is 2.41 bits per heavy atom. The van der Waals surface area contributed by atoms with Crippen LogP contribution in [0.4, 0.5) is 11.4 Å². The van der Waals surface area contributed by atoms with E-state index >= 15 is 0 Å². The maximum atomic E-state index is 13.9. The normalized spacial score (nSPS) is 17.9. The third-order valence-electron chi connectivity index (χ3n) is 6.51. The van der Waals surface area contributed by atoms with Crippen molar-refractivity contribution in [2.45, 2.75) is 43.9 Å². The average Bonchev–Trinajstić information content (AvgIpc) is 3.32. The Balaban J connectivity index is 1.55. The van der Waals surface area contributed by atoms with Gasteiger partial charge in [-0.1, -0.05) is 92.9 Å². The molecular weight excluding hydrogens is 458 g/mol. The number of anilines is 2. The Kier molecular flexibility index (Phi) is 6.61. The molecule has 174 valence electrons. The fraction of sp³-hybridized carbons (Fsp3) is 0.286. The standard InChI is InChI=1S/C28H29N3OS2/c1-3-4-5-6-12-19-30-26(32)25(31(28(30)33)21-14-8-7-9-15-21)27-29(2)24-22-16-11-10-13-20(22)17-18-23(24)34-27/h7-11,13-18H,3-6,12,19H2,1-2H3. The summed E-state index contributed by atoms with van der Waals surface area (Å²) in [4.78, 5) is 21.0. The van der Waals surface area contributed by atoms with Gasteiger partial charge in [-0.3, -0.25) is 14.6 Å². The molecule has 0 radical (unpaired) electrons. The van der Waals surface area contributed by atoms with Crippen LogP contribution in [0.15, 0.2) is 82.4 Å². The number of carbonyl (C=O) groups excluding carboxylic acids is 1. The molecular formula is C28H29N3OS2. The lowest BCUT2D eigenvalue weighted by molar-refractivity contribution is -0.122. The number of hydrogen-bond donors (Lipinski definition) is 0. The zero-order valence-corrected chi connectivity index (χ0v) is 21.3. The number of carbonyl (C=O) groups is 1. The van der Waals surface area contributed by atoms with Gasteiger partial charge in [-0.25, -0.2) is 0 Å². The van der Waals surface area contributed by atoms with E-state index in [4.69, 9.17) is 12.2 Å². The number of hydrogen-bond acceptors (Lipinski definition) is 4. The first-order valence-corrected chi connectivity index (χ1v) is 13.2. The van der Waals surface area contributed by atoms with E-state index in [-0.39, 0.29) is 5.91 Å². The van der Waals surface area contributed by atoms with Gasteiger partial charge in [0.25, 0.3) is 5.91 Å². The van der Waals surface area contributed by atoms with Gasteiger partial charge in [-0.05, 0) is 42.2 Å². The number of thioether (sulfide) groups is 1. The summed E-state index contributed by atoms with van der Waals surface area (Å²) >= 11 is 7.56. The minimum atomic E-state index is -0.00388. The summed E-state index contributed by atoms with van der Waals surface area (Å²) in [6.07, 6.45) is 5.71. The first kappa shape index (κ1) is 22.9. The van der Waals surface area contributed by atoms with Crippen LogP contribution in [0.3, 0.4) is 0 Å². The highest BCUT2D eigenvalue weighted by Crippen LogP contribution is 2.51. The van der Waals surface area contributed by atoms with Gasteiger partial charge in [0.2, 0.25) is 0 Å². The quantitative estimate of drug-likeness (QED) is 0.200. The van der Waals surface area contributed by atoms with Crippen molar-refractivity contribution in [1.82, 2.24) is 4.90 Å². The number of fused-ring (bicyclic) bond motifs is 3. The third-order valence-corrected chi connectivity index (χ3v) is 8.12. The highest BCUT2D eigenvalue weighted by atomic mass is 32.2. The molecule has 0 atom stereocenters. The van der Waals surface area contributed by atoms with Crippen molar-refractivity contribution < 1.29 is 4.79 Å². The molecule has 2 aliphatic rings. The number of thiocarbonyl (C=S) groups is 1. The zero-order chi connectivity index (χ0) is 23.7. The van der Waals surface area contributed by atoms with Gasteiger partial charge in [-0.15, -0.1) is 0 Å². The lowest BCUT2D eigenvalue weighted by Gasteiger charge is -2.23. The smallest absolute Gasteiger partial charge is 0.279 e. The molecule has 1 amide bonds. The monoisotopic (exact) mass is 487 g/mol. The van der Waals surface area contributed by atoms with Crippen LogP contribution in [0.25, 0.3) is 10.8 Å². The number of amides is 1. The molecule has 0 bridgehead atoms. The first-order chi connectivity index (χ1) is 16.6. The summed E-state index contributed by atoms with van der Waals surface area (Å²) in [5, 5.41) is 3.89. The second kappa shape index (κ2) is 9.80. The van der Waals surface area contributed by atoms with Gasteiger partial charge in [-0.2, -0.15) is 0 Å². The van der Waals surface area contributed by atoms with E-state index in [2.05, 4.69) is 55.3 Å². The predicted molar refractivity (Wildman–Crippen MR) is 147 cm³/mol. The van der Waals surface area contributed by atoms with Crippen LogP contribution in [0, 0.1) is 0 Å². The van der Waals surface area contributed by atoms with Crippen LogP contribution in [-0.2, 0) is 4.79 Å². The maximum absolute atomic E-state index is 13.9. The second-order valence-corrected chi connectivity index (χ2v) is 10.2. The van der Waals surface area contributed by atoms with Gasteiger partial charge in [0, 0.05) is 29.6 Å². The third kappa shape index (κ3) is 3.99. The van der Waals surface area contributed by atoms with Crippen molar-refractivity contribution in [2.24, 2.45) is 0 Å². The predicted octanol–water partition coefficient (Wildman–Crippen LogP) is 7.15. The van der Waals surface area contributed by atoms with Gasteiger partial charge in [0.15, 0.2) is 5.11 Å². The Labute approximate surface area is 211 Å². The van der Waals surface area contributed by atoms with Crippen molar-refractivity contribution in [3.8, 4) is 0 Å². The van der Waals surface area contributed by atoms with Crippen molar-refractivity contribution in [3.63, 3.8) is 0 Å².